The van der Waals surface area contributed by atoms with Crippen molar-refractivity contribution in [3.8, 4) is 5.75 Å². The van der Waals surface area contributed by atoms with Crippen molar-refractivity contribution in [1.82, 2.24) is 4.90 Å². The van der Waals surface area contributed by atoms with Gasteiger partial charge in [-0.1, -0.05) is 27.5 Å². The van der Waals surface area contributed by atoms with Crippen molar-refractivity contribution in [2.45, 2.75) is 29.6 Å². The van der Waals surface area contributed by atoms with Crippen LogP contribution in [0.2, 0.25) is 5.02 Å². The highest BCUT2D eigenvalue weighted by molar-refractivity contribution is 9.10. The summed E-state index contributed by atoms with van der Waals surface area (Å²) < 4.78 is 55.4. The number of amides is 1. The second-order valence-corrected chi connectivity index (χ2v) is 10.1. The molecule has 0 bridgehead atoms. The average Bonchev–Trinajstić information content (AvgIpc) is 2.60. The van der Waals surface area contributed by atoms with Crippen molar-refractivity contribution in [3.63, 3.8) is 0 Å². The number of hydrogen-bond acceptors (Lipinski definition) is 4. The Hall–Kier alpha value is -1.71. The third-order valence-electron chi connectivity index (χ3n) is 4.63. The van der Waals surface area contributed by atoms with E-state index >= 15 is 0 Å². The highest BCUT2D eigenvalue weighted by Gasteiger charge is 2.40. The molecule has 0 N–H and O–H groups in total. The predicted octanol–water partition coefficient (Wildman–Crippen LogP) is 4.32. The van der Waals surface area contributed by atoms with Gasteiger partial charge in [0, 0.05) is 29.0 Å². The van der Waals surface area contributed by atoms with Crippen LogP contribution in [0.3, 0.4) is 0 Å². The monoisotopic (exact) mass is 507 g/mol. The summed E-state index contributed by atoms with van der Waals surface area (Å²) in [5.41, 5.74) is 0.471. The Bertz CT molecular complexity index is 996. The van der Waals surface area contributed by atoms with Crippen LogP contribution in [0.5, 0.6) is 5.75 Å². The van der Waals surface area contributed by atoms with E-state index < -0.39 is 21.7 Å². The largest absolute Gasteiger partial charge is 0.435 e. The molecule has 1 saturated heterocycles. The van der Waals surface area contributed by atoms with Crippen molar-refractivity contribution in [2.24, 2.45) is 0 Å². The van der Waals surface area contributed by atoms with Gasteiger partial charge in [0.25, 0.3) is 0 Å². The maximum absolute atomic E-state index is 12.6. The Labute approximate surface area is 180 Å². The Morgan fingerprint density at radius 1 is 1.21 bits per heavy atom. The van der Waals surface area contributed by atoms with Gasteiger partial charge in [-0.3, -0.25) is 4.79 Å². The quantitative estimate of drug-likeness (QED) is 0.559. The number of carbonyl (C=O) groups is 1. The molecule has 2 aromatic carbocycles. The van der Waals surface area contributed by atoms with Crippen LogP contribution in [0.25, 0.3) is 0 Å². The van der Waals surface area contributed by atoms with Gasteiger partial charge >= 0.3 is 6.61 Å². The van der Waals surface area contributed by atoms with Gasteiger partial charge in [-0.05, 0) is 54.4 Å². The van der Waals surface area contributed by atoms with E-state index in [1.807, 2.05) is 0 Å². The highest BCUT2D eigenvalue weighted by atomic mass is 79.9. The number of nitrogens with zero attached hydrogens (tertiary/aromatic N) is 1. The van der Waals surface area contributed by atoms with Gasteiger partial charge in [0.1, 0.15) is 11.0 Å². The minimum Gasteiger partial charge on any atom is -0.435 e. The number of aryl methyl sites for hydroxylation is 1. The van der Waals surface area contributed by atoms with Crippen LogP contribution in [0.15, 0.2) is 51.8 Å². The van der Waals surface area contributed by atoms with Crippen LogP contribution in [0.4, 0.5) is 8.78 Å². The lowest BCUT2D eigenvalue weighted by atomic mass is 10.1. The lowest BCUT2D eigenvalue weighted by molar-refractivity contribution is -0.134. The molecule has 0 unspecified atom stereocenters. The maximum Gasteiger partial charge on any atom is 0.387 e. The summed E-state index contributed by atoms with van der Waals surface area (Å²) in [6, 6.07) is 10.5. The Morgan fingerprint density at radius 2 is 1.86 bits per heavy atom. The van der Waals surface area contributed by atoms with Crippen molar-refractivity contribution in [3.05, 3.63) is 57.5 Å². The molecule has 10 heteroatoms. The van der Waals surface area contributed by atoms with E-state index in [4.69, 9.17) is 11.6 Å². The summed E-state index contributed by atoms with van der Waals surface area (Å²) in [7, 11) is -3.54. The molecule has 0 aliphatic carbocycles. The maximum atomic E-state index is 12.6. The number of carbonyl (C=O) groups excluding carboxylic acids is 1. The van der Waals surface area contributed by atoms with Crippen LogP contribution in [-0.2, 0) is 21.1 Å². The molecule has 0 saturated carbocycles. The van der Waals surface area contributed by atoms with E-state index in [0.29, 0.717) is 15.1 Å². The summed E-state index contributed by atoms with van der Waals surface area (Å²) in [6.45, 7) is -2.76. The van der Waals surface area contributed by atoms with Crippen molar-refractivity contribution in [1.29, 1.82) is 0 Å². The van der Waals surface area contributed by atoms with Gasteiger partial charge in [0.05, 0.1) is 4.90 Å². The number of sulfone groups is 1. The molecule has 1 aliphatic rings. The molecule has 0 atom stereocenters. The van der Waals surface area contributed by atoms with Crippen LogP contribution >= 0.6 is 27.5 Å². The number of benzene rings is 2. The van der Waals surface area contributed by atoms with E-state index in [-0.39, 0.29) is 42.5 Å². The zero-order valence-electron chi connectivity index (χ0n) is 15.0. The molecule has 0 spiro atoms. The molecule has 3 rings (SSSR count). The van der Waals surface area contributed by atoms with Crippen molar-refractivity contribution in [2.75, 3.05) is 13.1 Å². The number of ether oxygens (including phenoxy) is 1. The first-order valence-corrected chi connectivity index (χ1v) is 11.4. The first-order chi connectivity index (χ1) is 13.7. The summed E-state index contributed by atoms with van der Waals surface area (Å²) in [4.78, 5) is 14.0. The predicted molar refractivity (Wildman–Crippen MR) is 108 cm³/mol. The number of rotatable bonds is 7. The van der Waals surface area contributed by atoms with Gasteiger partial charge in [-0.2, -0.15) is 8.78 Å². The topological polar surface area (TPSA) is 63.7 Å². The van der Waals surface area contributed by atoms with Crippen molar-refractivity contribution >= 4 is 43.3 Å². The molecule has 29 heavy (non-hydrogen) atoms. The van der Waals surface area contributed by atoms with E-state index in [1.165, 1.54) is 35.2 Å². The summed E-state index contributed by atoms with van der Waals surface area (Å²) in [5, 5.41) is -0.228. The molecular formula is C19H17BrClF2NO4S. The second kappa shape index (κ2) is 8.97. The van der Waals surface area contributed by atoms with E-state index in [2.05, 4.69) is 20.7 Å². The zero-order valence-corrected chi connectivity index (χ0v) is 18.2. The Kier molecular flexibility index (Phi) is 6.80. The molecule has 0 aromatic heterocycles. The standard InChI is InChI=1S/C19H17BrClF2NO4S/c20-13-2-7-17(28-19(22)23)12(9-13)1-8-18(25)24-10-16(11-24)29(26,27)15-5-3-14(21)4-6-15/h2-7,9,16,19H,1,8,10-11H2. The van der Waals surface area contributed by atoms with Crippen LogP contribution in [0.1, 0.15) is 12.0 Å². The molecule has 5 nitrogen and oxygen atoms in total. The third kappa shape index (κ3) is 5.26. The molecule has 0 radical (unpaired) electrons. The number of halogens is 4. The average molecular weight is 509 g/mol. The van der Waals surface area contributed by atoms with Crippen LogP contribution < -0.4 is 4.74 Å². The Balaban J connectivity index is 1.58. The fourth-order valence-electron chi connectivity index (χ4n) is 3.01. The Morgan fingerprint density at radius 3 is 2.48 bits per heavy atom. The fraction of sp³-hybridized carbons (Fsp3) is 0.316. The number of hydrogen-bond donors (Lipinski definition) is 0. The molecule has 1 amide bonds. The summed E-state index contributed by atoms with van der Waals surface area (Å²) >= 11 is 9.05. The highest BCUT2D eigenvalue weighted by Crippen LogP contribution is 2.28. The fourth-order valence-corrected chi connectivity index (χ4v) is 5.20. The molecule has 2 aromatic rings. The number of alkyl halides is 2. The lowest BCUT2D eigenvalue weighted by Crippen LogP contribution is -2.56. The lowest BCUT2D eigenvalue weighted by Gasteiger charge is -2.38. The molecule has 1 fully saturated rings. The molecular weight excluding hydrogens is 492 g/mol. The van der Waals surface area contributed by atoms with Crippen LogP contribution in [-0.4, -0.2) is 44.2 Å². The second-order valence-electron chi connectivity index (χ2n) is 6.55. The third-order valence-corrected chi connectivity index (χ3v) is 7.48. The molecule has 1 aliphatic heterocycles. The van der Waals surface area contributed by atoms with Gasteiger partial charge in [-0.25, -0.2) is 8.42 Å². The van der Waals surface area contributed by atoms with E-state index in [0.717, 1.165) is 0 Å². The van der Waals surface area contributed by atoms with E-state index in [9.17, 15) is 22.0 Å². The molecule has 1 heterocycles. The first kappa shape index (κ1) is 22.0. The van der Waals surface area contributed by atoms with Crippen molar-refractivity contribution < 1.29 is 26.7 Å². The smallest absolute Gasteiger partial charge is 0.387 e. The SMILES string of the molecule is O=C(CCc1cc(Br)ccc1OC(F)F)N1CC(S(=O)(=O)c2ccc(Cl)cc2)C1. The zero-order chi connectivity index (χ0) is 21.2. The minimum absolute atomic E-state index is 0.0165. The van der Waals surface area contributed by atoms with Gasteiger partial charge in [0.2, 0.25) is 5.91 Å². The van der Waals surface area contributed by atoms with E-state index in [1.54, 1.807) is 12.1 Å². The van der Waals surface area contributed by atoms with Gasteiger partial charge < -0.3 is 9.64 Å². The minimum atomic E-state index is -3.54. The molecule has 156 valence electrons. The summed E-state index contributed by atoms with van der Waals surface area (Å²) in [6.07, 6.45) is 0.259. The first-order valence-electron chi connectivity index (χ1n) is 8.67. The normalized spacial score (nSPS) is 14.7. The van der Waals surface area contributed by atoms with Gasteiger partial charge in [-0.15, -0.1) is 0 Å². The number of likely N-dealkylation sites (tertiary alicyclic amines) is 1. The van der Waals surface area contributed by atoms with Gasteiger partial charge in [0.15, 0.2) is 9.84 Å². The van der Waals surface area contributed by atoms with Crippen LogP contribution in [0, 0.1) is 0 Å². The summed E-state index contributed by atoms with van der Waals surface area (Å²) in [5.74, 6) is -0.224.